The average Bonchev–Trinajstić information content (AvgIpc) is 2.95. The number of pyridine rings is 1. The molecule has 0 aliphatic carbocycles. The summed E-state index contributed by atoms with van der Waals surface area (Å²) in [5, 5.41) is 2.67. The largest absolute Gasteiger partial charge is 0.416 e. The maximum atomic E-state index is 13.6. The van der Waals surface area contributed by atoms with Crippen LogP contribution in [-0.4, -0.2) is 73.0 Å². The second-order valence-electron chi connectivity index (χ2n) is 10.8. The van der Waals surface area contributed by atoms with E-state index < -0.39 is 35.0 Å². The molecule has 0 saturated carbocycles. The number of alkyl halides is 3. The number of aromatic nitrogens is 1. The minimum Gasteiger partial charge on any atom is -0.343 e. The summed E-state index contributed by atoms with van der Waals surface area (Å²) < 4.78 is 40.0. The Balaban J connectivity index is 1.77. The topological polar surface area (TPSA) is 137 Å². The Morgan fingerprint density at radius 2 is 1.67 bits per heavy atom. The molecule has 0 unspecified atom stereocenters. The lowest BCUT2D eigenvalue weighted by atomic mass is 9.96. The normalized spacial score (nSPS) is 14.4. The Morgan fingerprint density at radius 3 is 2.29 bits per heavy atom. The van der Waals surface area contributed by atoms with Gasteiger partial charge in [-0.3, -0.25) is 14.6 Å². The van der Waals surface area contributed by atoms with E-state index in [1.165, 1.54) is 12.1 Å². The summed E-state index contributed by atoms with van der Waals surface area (Å²) in [4.78, 5) is 31.2. The monoisotopic (exact) mass is 605 g/mol. The zero-order valence-electron chi connectivity index (χ0n) is 23.7. The van der Waals surface area contributed by atoms with Gasteiger partial charge in [-0.05, 0) is 48.2 Å². The Hall–Kier alpha value is -3.03. The number of benzene rings is 2. The fraction of sp³-hybridized carbons (Fsp3) is 0.433. The van der Waals surface area contributed by atoms with Gasteiger partial charge in [0.2, 0.25) is 5.91 Å². The van der Waals surface area contributed by atoms with Crippen LogP contribution in [-0.2, 0) is 22.2 Å². The smallest absolute Gasteiger partial charge is 0.343 e. The zero-order valence-corrected chi connectivity index (χ0v) is 24.6. The molecule has 7 N–H and O–H groups in total. The SMILES string of the molecule is C[N+](CCN)(CCN)CCC[C@H](N)C(=O)N[C@H](C(=O)Cc1cnc2ccccc2c1)[C@H](S)c1ccc(C(F)(F)F)cc1. The van der Waals surface area contributed by atoms with E-state index in [0.717, 1.165) is 42.7 Å². The van der Waals surface area contributed by atoms with Crippen molar-refractivity contribution < 1.29 is 27.2 Å². The van der Waals surface area contributed by atoms with E-state index in [9.17, 15) is 22.8 Å². The molecule has 0 bridgehead atoms. The summed E-state index contributed by atoms with van der Waals surface area (Å²) in [6.07, 6.45) is -1.98. The predicted molar refractivity (Wildman–Crippen MR) is 162 cm³/mol. The third kappa shape index (κ3) is 9.23. The summed E-state index contributed by atoms with van der Waals surface area (Å²) >= 11 is 4.58. The van der Waals surface area contributed by atoms with Crippen LogP contribution in [0.4, 0.5) is 13.2 Å². The van der Waals surface area contributed by atoms with Crippen molar-refractivity contribution in [1.82, 2.24) is 10.3 Å². The number of halogens is 3. The first-order valence-electron chi connectivity index (χ1n) is 13.9. The van der Waals surface area contributed by atoms with Gasteiger partial charge < -0.3 is 27.0 Å². The number of para-hydroxylation sites is 1. The Labute approximate surface area is 249 Å². The minimum atomic E-state index is -4.51. The number of ketones is 1. The summed E-state index contributed by atoms with van der Waals surface area (Å²) in [5.74, 6) is -0.912. The Morgan fingerprint density at radius 1 is 1.02 bits per heavy atom. The number of carbonyl (C=O) groups is 2. The molecule has 3 atom stereocenters. The molecule has 0 spiro atoms. The van der Waals surface area contributed by atoms with Gasteiger partial charge in [-0.15, -0.1) is 0 Å². The van der Waals surface area contributed by atoms with Crippen molar-refractivity contribution in [2.24, 2.45) is 17.2 Å². The molecule has 1 heterocycles. The molecule has 2 aromatic carbocycles. The van der Waals surface area contributed by atoms with E-state index in [1.807, 2.05) is 30.3 Å². The van der Waals surface area contributed by atoms with Crippen molar-refractivity contribution in [2.45, 2.75) is 42.8 Å². The maximum absolute atomic E-state index is 13.6. The third-order valence-corrected chi connectivity index (χ3v) is 8.05. The first-order chi connectivity index (χ1) is 19.9. The van der Waals surface area contributed by atoms with Crippen molar-refractivity contribution in [3.05, 3.63) is 77.5 Å². The number of hydrogen-bond acceptors (Lipinski definition) is 7. The van der Waals surface area contributed by atoms with E-state index in [1.54, 1.807) is 6.20 Å². The van der Waals surface area contributed by atoms with Crippen LogP contribution in [0.3, 0.4) is 0 Å². The van der Waals surface area contributed by atoms with Crippen molar-refractivity contribution in [3.63, 3.8) is 0 Å². The van der Waals surface area contributed by atoms with Crippen molar-refractivity contribution >= 4 is 35.2 Å². The first kappa shape index (κ1) is 33.5. The summed E-state index contributed by atoms with van der Waals surface area (Å²) in [6, 6.07) is 11.6. The van der Waals surface area contributed by atoms with Crippen LogP contribution in [0.15, 0.2) is 60.8 Å². The minimum absolute atomic E-state index is 0.0657. The van der Waals surface area contributed by atoms with E-state index >= 15 is 0 Å². The van der Waals surface area contributed by atoms with Gasteiger partial charge in [-0.1, -0.05) is 30.3 Å². The van der Waals surface area contributed by atoms with Crippen LogP contribution in [0.25, 0.3) is 10.9 Å². The lowest BCUT2D eigenvalue weighted by molar-refractivity contribution is -0.907. The van der Waals surface area contributed by atoms with E-state index in [2.05, 4.69) is 30.0 Å². The van der Waals surface area contributed by atoms with Crippen LogP contribution < -0.4 is 22.5 Å². The summed E-state index contributed by atoms with van der Waals surface area (Å²) in [6.45, 7) is 3.23. The number of nitrogens with two attached hydrogens (primary N) is 3. The van der Waals surface area contributed by atoms with Gasteiger partial charge in [0, 0.05) is 31.1 Å². The van der Waals surface area contributed by atoms with Crippen LogP contribution in [0.5, 0.6) is 0 Å². The molecular weight excluding hydrogens is 565 g/mol. The lowest BCUT2D eigenvalue weighted by Crippen LogP contribution is -2.52. The molecule has 0 aliphatic heterocycles. The van der Waals surface area contributed by atoms with Crippen molar-refractivity contribution in [1.29, 1.82) is 0 Å². The number of hydrogen-bond donors (Lipinski definition) is 5. The Bertz CT molecular complexity index is 1330. The number of nitrogens with one attached hydrogen (secondary N) is 1. The zero-order chi connectivity index (χ0) is 30.9. The predicted octanol–water partition coefficient (Wildman–Crippen LogP) is 2.99. The van der Waals surface area contributed by atoms with E-state index in [4.69, 9.17) is 17.2 Å². The second kappa shape index (κ2) is 14.9. The lowest BCUT2D eigenvalue weighted by Gasteiger charge is -2.34. The molecule has 0 radical (unpaired) electrons. The molecule has 0 fully saturated rings. The molecule has 0 saturated heterocycles. The maximum Gasteiger partial charge on any atom is 0.416 e. The standard InChI is InChI=1S/C30H39F3N6O2S/c1-39(15-12-34,16-13-35)14-4-6-24(36)29(41)38-27(28(42)21-8-10-23(11-9-21)30(31,32)33)26(40)18-20-17-22-5-2-3-7-25(22)37-19-20/h2-3,5,7-11,17,19,24,27-28H,4,6,12-16,18,34-36H2,1H3,(H-,38,41,42)/p+1/t24-,27+,28+/m0/s1. The highest BCUT2D eigenvalue weighted by Crippen LogP contribution is 2.32. The number of nitrogens with zero attached hydrogens (tertiary/aromatic N) is 2. The van der Waals surface area contributed by atoms with Gasteiger partial charge in [-0.25, -0.2) is 0 Å². The number of rotatable bonds is 15. The van der Waals surface area contributed by atoms with Crippen molar-refractivity contribution in [3.8, 4) is 0 Å². The van der Waals surface area contributed by atoms with Gasteiger partial charge in [0.05, 0.1) is 49.1 Å². The van der Waals surface area contributed by atoms with Crippen LogP contribution in [0, 0.1) is 0 Å². The molecule has 42 heavy (non-hydrogen) atoms. The Kier molecular flexibility index (Phi) is 11.9. The van der Waals surface area contributed by atoms with E-state index in [-0.39, 0.29) is 12.2 Å². The molecular formula is C30H40F3N6O2S+. The third-order valence-electron chi connectivity index (χ3n) is 7.45. The fourth-order valence-electron chi connectivity index (χ4n) is 4.96. The highest BCUT2D eigenvalue weighted by Gasteiger charge is 2.33. The highest BCUT2D eigenvalue weighted by atomic mass is 32.1. The van der Waals surface area contributed by atoms with Crippen LogP contribution in [0.2, 0.25) is 0 Å². The van der Waals surface area contributed by atoms with E-state index in [0.29, 0.717) is 41.5 Å². The summed E-state index contributed by atoms with van der Waals surface area (Å²) in [5.41, 5.74) is 18.7. The molecule has 1 aromatic heterocycles. The molecule has 3 rings (SSSR count). The average molecular weight is 606 g/mol. The van der Waals surface area contributed by atoms with Gasteiger partial charge in [0.25, 0.3) is 0 Å². The van der Waals surface area contributed by atoms with Gasteiger partial charge in [0.1, 0.15) is 6.04 Å². The number of likely N-dealkylation sites (N-methyl/N-ethyl adjacent to an activating group) is 1. The first-order valence-corrected chi connectivity index (χ1v) is 14.4. The number of carbonyl (C=O) groups excluding carboxylic acids is 2. The van der Waals surface area contributed by atoms with Gasteiger partial charge in [0.15, 0.2) is 5.78 Å². The quantitative estimate of drug-likeness (QED) is 0.134. The van der Waals surface area contributed by atoms with Gasteiger partial charge >= 0.3 is 6.18 Å². The number of thiol groups is 1. The fourth-order valence-corrected chi connectivity index (χ4v) is 5.38. The van der Waals surface area contributed by atoms with Gasteiger partial charge in [-0.2, -0.15) is 25.8 Å². The molecule has 3 aromatic rings. The number of Topliss-reactive ketones (excluding diaryl/α,β-unsaturated/α-hetero) is 1. The molecule has 8 nitrogen and oxygen atoms in total. The molecule has 228 valence electrons. The molecule has 1 amide bonds. The number of fused-ring (bicyclic) bond motifs is 1. The van der Waals surface area contributed by atoms with Crippen molar-refractivity contribution in [2.75, 3.05) is 39.8 Å². The number of amides is 1. The molecule has 0 aliphatic rings. The number of quaternary nitrogens is 1. The molecule has 12 heteroatoms. The van der Waals surface area contributed by atoms with Crippen LogP contribution >= 0.6 is 12.6 Å². The van der Waals surface area contributed by atoms with Crippen LogP contribution in [0.1, 0.15) is 34.8 Å². The summed E-state index contributed by atoms with van der Waals surface area (Å²) in [7, 11) is 2.05. The second-order valence-corrected chi connectivity index (χ2v) is 11.4. The highest BCUT2D eigenvalue weighted by molar-refractivity contribution is 7.80.